The summed E-state index contributed by atoms with van der Waals surface area (Å²) < 4.78 is 0. The summed E-state index contributed by atoms with van der Waals surface area (Å²) in [6, 6.07) is -0.750. The Kier molecular flexibility index (Phi) is 8.39. The smallest absolute Gasteiger partial charge is 0.240 e. The van der Waals surface area contributed by atoms with Crippen molar-refractivity contribution < 1.29 is 9.59 Å². The standard InChI is InChI=1S/C14H29N3O2/c1-6-8-12(13(15)18)17(5)14(19)11(16-7-2)9-10(3)4/h10-12,16H,6-9H2,1-5H3,(H2,15,18). The van der Waals surface area contributed by atoms with Gasteiger partial charge in [-0.15, -0.1) is 0 Å². The van der Waals surface area contributed by atoms with Crippen LogP contribution in [0.15, 0.2) is 0 Å². The fraction of sp³-hybridized carbons (Fsp3) is 0.857. The Balaban J connectivity index is 4.84. The second kappa shape index (κ2) is 8.91. The molecular weight excluding hydrogens is 242 g/mol. The Morgan fingerprint density at radius 2 is 1.84 bits per heavy atom. The third-order valence-corrected chi connectivity index (χ3v) is 3.16. The second-order valence-electron chi connectivity index (χ2n) is 5.40. The molecule has 0 aromatic rings. The van der Waals surface area contributed by atoms with Gasteiger partial charge in [0, 0.05) is 7.05 Å². The van der Waals surface area contributed by atoms with E-state index in [-0.39, 0.29) is 11.9 Å². The number of hydrogen-bond acceptors (Lipinski definition) is 3. The molecule has 0 fully saturated rings. The molecular formula is C14H29N3O2. The first-order valence-electron chi connectivity index (χ1n) is 7.14. The van der Waals surface area contributed by atoms with Crippen LogP contribution in [0.25, 0.3) is 0 Å². The maximum Gasteiger partial charge on any atom is 0.240 e. The Bertz CT molecular complexity index is 292. The molecule has 0 aliphatic carbocycles. The van der Waals surface area contributed by atoms with E-state index in [1.807, 2.05) is 13.8 Å². The van der Waals surface area contributed by atoms with Crippen LogP contribution in [-0.2, 0) is 9.59 Å². The Morgan fingerprint density at radius 1 is 1.26 bits per heavy atom. The first kappa shape index (κ1) is 17.9. The number of nitrogens with one attached hydrogen (secondary N) is 1. The van der Waals surface area contributed by atoms with Crippen molar-refractivity contribution in [2.75, 3.05) is 13.6 Å². The van der Waals surface area contributed by atoms with Crippen molar-refractivity contribution in [1.29, 1.82) is 0 Å². The van der Waals surface area contributed by atoms with Gasteiger partial charge in [0.05, 0.1) is 6.04 Å². The van der Waals surface area contributed by atoms with E-state index < -0.39 is 11.9 Å². The van der Waals surface area contributed by atoms with E-state index in [0.717, 1.165) is 19.4 Å². The molecule has 0 radical (unpaired) electrons. The molecule has 5 heteroatoms. The highest BCUT2D eigenvalue weighted by Crippen LogP contribution is 2.11. The summed E-state index contributed by atoms with van der Waals surface area (Å²) in [4.78, 5) is 25.4. The van der Waals surface area contributed by atoms with Crippen molar-refractivity contribution in [2.45, 2.75) is 59.0 Å². The Morgan fingerprint density at radius 3 is 2.21 bits per heavy atom. The zero-order valence-corrected chi connectivity index (χ0v) is 12.9. The summed E-state index contributed by atoms with van der Waals surface area (Å²) in [7, 11) is 1.66. The molecule has 0 rings (SSSR count). The lowest BCUT2D eigenvalue weighted by molar-refractivity contribution is -0.140. The highest BCUT2D eigenvalue weighted by Gasteiger charge is 2.29. The maximum absolute atomic E-state index is 12.4. The minimum absolute atomic E-state index is 0.0483. The van der Waals surface area contributed by atoms with E-state index in [9.17, 15) is 9.59 Å². The highest BCUT2D eigenvalue weighted by atomic mass is 16.2. The van der Waals surface area contributed by atoms with Gasteiger partial charge in [-0.3, -0.25) is 9.59 Å². The fourth-order valence-electron chi connectivity index (χ4n) is 2.19. The van der Waals surface area contributed by atoms with Gasteiger partial charge in [0.15, 0.2) is 0 Å². The number of carbonyl (C=O) groups excluding carboxylic acids is 2. The van der Waals surface area contributed by atoms with Crippen molar-refractivity contribution in [3.05, 3.63) is 0 Å². The van der Waals surface area contributed by atoms with Crippen LogP contribution in [-0.4, -0.2) is 42.4 Å². The third kappa shape index (κ3) is 6.05. The lowest BCUT2D eigenvalue weighted by Gasteiger charge is -2.30. The van der Waals surface area contributed by atoms with Gasteiger partial charge in [-0.25, -0.2) is 0 Å². The van der Waals surface area contributed by atoms with Gasteiger partial charge in [-0.2, -0.15) is 0 Å². The molecule has 2 atom stereocenters. The van der Waals surface area contributed by atoms with Crippen LogP contribution in [0.3, 0.4) is 0 Å². The molecule has 112 valence electrons. The highest BCUT2D eigenvalue weighted by molar-refractivity contribution is 5.88. The lowest BCUT2D eigenvalue weighted by atomic mass is 10.0. The molecule has 0 heterocycles. The number of carbonyl (C=O) groups is 2. The zero-order valence-electron chi connectivity index (χ0n) is 12.9. The van der Waals surface area contributed by atoms with Crippen molar-refractivity contribution in [3.8, 4) is 0 Å². The zero-order chi connectivity index (χ0) is 15.0. The fourth-order valence-corrected chi connectivity index (χ4v) is 2.19. The van der Waals surface area contributed by atoms with Crippen molar-refractivity contribution in [3.63, 3.8) is 0 Å². The molecule has 0 saturated heterocycles. The van der Waals surface area contributed by atoms with E-state index >= 15 is 0 Å². The average Bonchev–Trinajstić information content (AvgIpc) is 2.32. The maximum atomic E-state index is 12.4. The molecule has 2 unspecified atom stereocenters. The van der Waals surface area contributed by atoms with Crippen LogP contribution >= 0.6 is 0 Å². The predicted octanol–water partition coefficient (Wildman–Crippen LogP) is 1.12. The minimum Gasteiger partial charge on any atom is -0.368 e. The van der Waals surface area contributed by atoms with Crippen molar-refractivity contribution in [1.82, 2.24) is 10.2 Å². The molecule has 0 bridgehead atoms. The molecule has 5 nitrogen and oxygen atoms in total. The SMILES string of the molecule is CCCC(C(N)=O)N(C)C(=O)C(CC(C)C)NCC. The molecule has 0 saturated carbocycles. The van der Waals surface area contributed by atoms with Crippen LogP contribution in [0.1, 0.15) is 47.0 Å². The Labute approximate surface area is 116 Å². The normalized spacial score (nSPS) is 14.2. The molecule has 3 N–H and O–H groups in total. The van der Waals surface area contributed by atoms with Gasteiger partial charge in [-0.05, 0) is 25.3 Å². The first-order chi connectivity index (χ1) is 8.84. The van der Waals surface area contributed by atoms with Gasteiger partial charge in [0.2, 0.25) is 11.8 Å². The van der Waals surface area contributed by atoms with E-state index in [1.165, 1.54) is 4.90 Å². The lowest BCUT2D eigenvalue weighted by Crippen LogP contribution is -2.52. The van der Waals surface area contributed by atoms with Gasteiger partial charge in [0.1, 0.15) is 6.04 Å². The van der Waals surface area contributed by atoms with Crippen molar-refractivity contribution >= 4 is 11.8 Å². The van der Waals surface area contributed by atoms with Crippen LogP contribution in [0.2, 0.25) is 0 Å². The second-order valence-corrected chi connectivity index (χ2v) is 5.40. The number of nitrogens with zero attached hydrogens (tertiary/aromatic N) is 1. The quantitative estimate of drug-likeness (QED) is 0.660. The molecule has 0 spiro atoms. The molecule has 0 aromatic carbocycles. The predicted molar refractivity (Wildman–Crippen MR) is 77.6 cm³/mol. The average molecular weight is 271 g/mol. The molecule has 0 aliphatic rings. The summed E-state index contributed by atoms with van der Waals surface area (Å²) >= 11 is 0. The van der Waals surface area contributed by atoms with Crippen LogP contribution < -0.4 is 11.1 Å². The summed E-state index contributed by atoms with van der Waals surface area (Å²) in [6.45, 7) is 8.83. The number of primary amides is 1. The number of amides is 2. The van der Waals surface area contributed by atoms with Crippen LogP contribution in [0, 0.1) is 5.92 Å². The Hall–Kier alpha value is -1.10. The number of nitrogens with two attached hydrogens (primary N) is 1. The molecule has 0 aromatic heterocycles. The minimum atomic E-state index is -0.509. The largest absolute Gasteiger partial charge is 0.368 e. The molecule has 2 amide bonds. The van der Waals surface area contributed by atoms with E-state index in [1.54, 1.807) is 7.05 Å². The summed E-state index contributed by atoms with van der Waals surface area (Å²) in [5.41, 5.74) is 5.38. The number of hydrogen-bond donors (Lipinski definition) is 2. The first-order valence-corrected chi connectivity index (χ1v) is 7.14. The number of likely N-dealkylation sites (N-methyl/N-ethyl adjacent to an activating group) is 2. The molecule has 0 aliphatic heterocycles. The third-order valence-electron chi connectivity index (χ3n) is 3.16. The van der Waals surface area contributed by atoms with E-state index in [4.69, 9.17) is 5.73 Å². The van der Waals surface area contributed by atoms with Gasteiger partial charge < -0.3 is 16.0 Å². The van der Waals surface area contributed by atoms with E-state index in [2.05, 4.69) is 19.2 Å². The summed E-state index contributed by atoms with van der Waals surface area (Å²) in [5.74, 6) is -0.0649. The van der Waals surface area contributed by atoms with Crippen molar-refractivity contribution in [2.24, 2.45) is 11.7 Å². The summed E-state index contributed by atoms with van der Waals surface area (Å²) in [6.07, 6.45) is 2.19. The van der Waals surface area contributed by atoms with Gasteiger partial charge in [0.25, 0.3) is 0 Å². The molecule has 19 heavy (non-hydrogen) atoms. The number of rotatable bonds is 9. The summed E-state index contributed by atoms with van der Waals surface area (Å²) in [5, 5.41) is 3.19. The van der Waals surface area contributed by atoms with E-state index in [0.29, 0.717) is 12.3 Å². The van der Waals surface area contributed by atoms with Gasteiger partial charge in [-0.1, -0.05) is 34.1 Å². The monoisotopic (exact) mass is 271 g/mol. The van der Waals surface area contributed by atoms with Crippen LogP contribution in [0.5, 0.6) is 0 Å². The topological polar surface area (TPSA) is 75.4 Å². The van der Waals surface area contributed by atoms with Crippen LogP contribution in [0.4, 0.5) is 0 Å². The van der Waals surface area contributed by atoms with Gasteiger partial charge >= 0.3 is 0 Å².